The Labute approximate surface area is 212 Å². The third-order valence-corrected chi connectivity index (χ3v) is 6.33. The predicted octanol–water partition coefficient (Wildman–Crippen LogP) is 5.19. The van der Waals surface area contributed by atoms with E-state index in [2.05, 4.69) is 22.6 Å². The lowest BCUT2D eigenvalue weighted by molar-refractivity contribution is -0.120. The average Bonchev–Trinajstić information content (AvgIpc) is 3.35. The Hall–Kier alpha value is -4.21. The van der Waals surface area contributed by atoms with Crippen LogP contribution in [-0.2, 0) is 18.3 Å². The van der Waals surface area contributed by atoms with E-state index in [4.69, 9.17) is 5.26 Å². The first kappa shape index (κ1) is 24.9. The lowest BCUT2D eigenvalue weighted by Gasteiger charge is -2.29. The first-order valence-electron chi connectivity index (χ1n) is 12.2. The number of likely N-dealkylation sites (N-methyl/N-ethyl adjacent to an activating group) is 1. The molecule has 182 valence electrons. The SMILES string of the molecule is CCN(C(=O)C(NCCc1ccc(C#N)cc1)c1ccccc1)c1ccc(-c2cnn(C)c2)cc1C. The summed E-state index contributed by atoms with van der Waals surface area (Å²) in [4.78, 5) is 15.8. The van der Waals surface area contributed by atoms with Gasteiger partial charge < -0.3 is 10.2 Å². The number of amides is 1. The lowest BCUT2D eigenvalue weighted by atomic mass is 10.0. The zero-order valence-corrected chi connectivity index (χ0v) is 21.0. The van der Waals surface area contributed by atoms with Gasteiger partial charge in [-0.1, -0.05) is 48.5 Å². The van der Waals surface area contributed by atoms with Crippen molar-refractivity contribution in [2.24, 2.45) is 7.05 Å². The molecule has 0 aliphatic heterocycles. The van der Waals surface area contributed by atoms with Crippen LogP contribution in [0.5, 0.6) is 0 Å². The molecule has 1 atom stereocenters. The molecule has 4 aromatic rings. The van der Waals surface area contributed by atoms with Crippen molar-refractivity contribution in [1.82, 2.24) is 15.1 Å². The molecule has 1 heterocycles. The zero-order valence-electron chi connectivity index (χ0n) is 21.0. The molecule has 0 spiro atoms. The van der Waals surface area contributed by atoms with Gasteiger partial charge >= 0.3 is 0 Å². The first-order valence-corrected chi connectivity index (χ1v) is 12.2. The highest BCUT2D eigenvalue weighted by Gasteiger charge is 2.26. The van der Waals surface area contributed by atoms with Gasteiger partial charge in [0.25, 0.3) is 0 Å². The molecular formula is C30H31N5O. The van der Waals surface area contributed by atoms with Crippen molar-refractivity contribution in [3.63, 3.8) is 0 Å². The molecule has 0 saturated carbocycles. The Morgan fingerprint density at radius 3 is 2.44 bits per heavy atom. The van der Waals surface area contributed by atoms with Crippen molar-refractivity contribution in [2.75, 3.05) is 18.0 Å². The average molecular weight is 478 g/mol. The lowest BCUT2D eigenvalue weighted by Crippen LogP contribution is -2.42. The third kappa shape index (κ3) is 5.70. The fourth-order valence-corrected chi connectivity index (χ4v) is 4.41. The third-order valence-electron chi connectivity index (χ3n) is 6.33. The molecule has 6 heteroatoms. The maximum absolute atomic E-state index is 13.9. The standard InChI is InChI=1S/C30H31N5O/c1-4-35(28-15-14-26(18-22(28)2)27-20-33-34(3)21-27)30(36)29(25-8-6-5-7-9-25)32-17-16-23-10-12-24(19-31)13-11-23/h5-15,18,20-21,29,32H,4,16-17H2,1-3H3. The molecule has 0 aliphatic rings. The number of hydrogen-bond donors (Lipinski definition) is 1. The molecule has 3 aromatic carbocycles. The zero-order chi connectivity index (χ0) is 25.5. The number of aryl methyl sites for hydroxylation is 2. The highest BCUT2D eigenvalue weighted by molar-refractivity contribution is 5.98. The monoisotopic (exact) mass is 477 g/mol. The van der Waals surface area contributed by atoms with E-state index >= 15 is 0 Å². The summed E-state index contributed by atoms with van der Waals surface area (Å²) in [5.74, 6) is 0.0146. The number of benzene rings is 3. The van der Waals surface area contributed by atoms with Gasteiger partial charge in [0.2, 0.25) is 5.91 Å². The van der Waals surface area contributed by atoms with Crippen molar-refractivity contribution in [3.05, 3.63) is 107 Å². The number of carbonyl (C=O) groups excluding carboxylic acids is 1. The van der Waals surface area contributed by atoms with Crippen LogP contribution in [0.2, 0.25) is 0 Å². The molecule has 1 aromatic heterocycles. The van der Waals surface area contributed by atoms with Crippen molar-refractivity contribution in [3.8, 4) is 17.2 Å². The normalized spacial score (nSPS) is 11.6. The van der Waals surface area contributed by atoms with E-state index < -0.39 is 6.04 Å². The molecule has 1 unspecified atom stereocenters. The van der Waals surface area contributed by atoms with Crippen LogP contribution < -0.4 is 10.2 Å². The Morgan fingerprint density at radius 2 is 1.83 bits per heavy atom. The van der Waals surface area contributed by atoms with Gasteiger partial charge in [0.1, 0.15) is 6.04 Å². The summed E-state index contributed by atoms with van der Waals surface area (Å²) in [6.07, 6.45) is 4.59. The summed E-state index contributed by atoms with van der Waals surface area (Å²) >= 11 is 0. The smallest absolute Gasteiger partial charge is 0.248 e. The minimum atomic E-state index is -0.470. The highest BCUT2D eigenvalue weighted by atomic mass is 16.2. The molecule has 1 amide bonds. The number of nitrogens with zero attached hydrogens (tertiary/aromatic N) is 4. The van der Waals surface area contributed by atoms with E-state index in [-0.39, 0.29) is 5.91 Å². The van der Waals surface area contributed by atoms with Gasteiger partial charge in [0.05, 0.1) is 17.8 Å². The maximum atomic E-state index is 13.9. The summed E-state index contributed by atoms with van der Waals surface area (Å²) < 4.78 is 1.79. The molecule has 0 aliphatic carbocycles. The Morgan fingerprint density at radius 1 is 1.08 bits per heavy atom. The molecule has 0 saturated heterocycles. The molecular weight excluding hydrogens is 446 g/mol. The van der Waals surface area contributed by atoms with Crippen LogP contribution in [0.1, 0.15) is 35.2 Å². The minimum absolute atomic E-state index is 0.0146. The van der Waals surface area contributed by atoms with Gasteiger partial charge in [-0.2, -0.15) is 10.4 Å². The van der Waals surface area contributed by atoms with E-state index in [0.29, 0.717) is 18.7 Å². The summed E-state index contributed by atoms with van der Waals surface area (Å²) in [6, 6.07) is 25.3. The van der Waals surface area contributed by atoms with E-state index in [0.717, 1.165) is 39.9 Å². The fourth-order valence-electron chi connectivity index (χ4n) is 4.41. The number of hydrogen-bond acceptors (Lipinski definition) is 4. The number of carbonyl (C=O) groups is 1. The Balaban J connectivity index is 1.55. The number of aromatic nitrogens is 2. The van der Waals surface area contributed by atoms with Crippen LogP contribution >= 0.6 is 0 Å². The quantitative estimate of drug-likeness (QED) is 0.360. The second-order valence-electron chi connectivity index (χ2n) is 8.84. The molecule has 0 radical (unpaired) electrons. The first-order chi connectivity index (χ1) is 17.5. The van der Waals surface area contributed by atoms with Gasteiger partial charge in [-0.15, -0.1) is 0 Å². The van der Waals surface area contributed by atoms with E-state index in [1.165, 1.54) is 0 Å². The summed E-state index contributed by atoms with van der Waals surface area (Å²) in [7, 11) is 1.90. The topological polar surface area (TPSA) is 74.0 Å². The molecule has 0 bridgehead atoms. The summed E-state index contributed by atoms with van der Waals surface area (Å²) in [6.45, 7) is 5.24. The van der Waals surface area contributed by atoms with Crippen molar-refractivity contribution in [1.29, 1.82) is 5.26 Å². The van der Waals surface area contributed by atoms with Crippen LogP contribution in [0.25, 0.3) is 11.1 Å². The Kier molecular flexibility index (Phi) is 7.94. The van der Waals surface area contributed by atoms with Gasteiger partial charge in [-0.3, -0.25) is 9.48 Å². The largest absolute Gasteiger partial charge is 0.311 e. The fraction of sp³-hybridized carbons (Fsp3) is 0.233. The van der Waals surface area contributed by atoms with Crippen molar-refractivity contribution in [2.45, 2.75) is 26.3 Å². The van der Waals surface area contributed by atoms with Crippen molar-refractivity contribution >= 4 is 11.6 Å². The highest BCUT2D eigenvalue weighted by Crippen LogP contribution is 2.29. The van der Waals surface area contributed by atoms with Crippen LogP contribution in [0, 0.1) is 18.3 Å². The van der Waals surface area contributed by atoms with E-state index in [9.17, 15) is 4.79 Å². The number of nitrogens with one attached hydrogen (secondary N) is 1. The molecule has 0 fully saturated rings. The molecule has 1 N–H and O–H groups in total. The van der Waals surface area contributed by atoms with Crippen LogP contribution in [0.15, 0.2) is 85.2 Å². The maximum Gasteiger partial charge on any atom is 0.248 e. The van der Waals surface area contributed by atoms with Gasteiger partial charge in [-0.05, 0) is 66.8 Å². The number of nitriles is 1. The second kappa shape index (κ2) is 11.5. The van der Waals surface area contributed by atoms with E-state index in [1.54, 1.807) is 4.68 Å². The predicted molar refractivity (Wildman–Crippen MR) is 143 cm³/mol. The molecule has 6 nitrogen and oxygen atoms in total. The van der Waals surface area contributed by atoms with E-state index in [1.807, 2.05) is 105 Å². The van der Waals surface area contributed by atoms with Crippen LogP contribution in [-0.4, -0.2) is 28.8 Å². The van der Waals surface area contributed by atoms with Gasteiger partial charge in [0.15, 0.2) is 0 Å². The minimum Gasteiger partial charge on any atom is -0.311 e. The number of rotatable bonds is 9. The summed E-state index contributed by atoms with van der Waals surface area (Å²) in [5.41, 5.74) is 6.77. The second-order valence-corrected chi connectivity index (χ2v) is 8.84. The van der Waals surface area contributed by atoms with Gasteiger partial charge in [0, 0.05) is 37.6 Å². The Bertz CT molecular complexity index is 1350. The molecule has 36 heavy (non-hydrogen) atoms. The van der Waals surface area contributed by atoms with Crippen molar-refractivity contribution < 1.29 is 4.79 Å². The van der Waals surface area contributed by atoms with Crippen LogP contribution in [0.4, 0.5) is 5.69 Å². The number of anilines is 1. The van der Waals surface area contributed by atoms with Crippen LogP contribution in [0.3, 0.4) is 0 Å². The summed E-state index contributed by atoms with van der Waals surface area (Å²) in [5, 5.41) is 16.8. The molecule has 4 rings (SSSR count). The van der Waals surface area contributed by atoms with Gasteiger partial charge in [-0.25, -0.2) is 0 Å².